The summed E-state index contributed by atoms with van der Waals surface area (Å²) in [6.07, 6.45) is 1.87. The van der Waals surface area contributed by atoms with E-state index in [4.69, 9.17) is 9.90 Å². The van der Waals surface area contributed by atoms with Crippen molar-refractivity contribution < 1.29 is 9.90 Å². The lowest BCUT2D eigenvalue weighted by Gasteiger charge is -1.95. The van der Waals surface area contributed by atoms with Crippen LogP contribution in [0.15, 0.2) is 30.8 Å². The van der Waals surface area contributed by atoms with Crippen molar-refractivity contribution in [3.8, 4) is 0 Å². The van der Waals surface area contributed by atoms with E-state index in [9.17, 15) is 0 Å². The summed E-state index contributed by atoms with van der Waals surface area (Å²) in [5.74, 6) is -0.833. The molecule has 0 spiro atoms. The van der Waals surface area contributed by atoms with Gasteiger partial charge in [0.25, 0.3) is 5.97 Å². The van der Waals surface area contributed by atoms with E-state index >= 15 is 0 Å². The first-order chi connectivity index (χ1) is 6.07. The average molecular weight is 178 g/mol. The number of aliphatic carboxylic acids is 1. The molecule has 1 aromatic carbocycles. The number of carbonyl (C=O) groups is 1. The zero-order valence-corrected chi connectivity index (χ0v) is 7.95. The van der Waals surface area contributed by atoms with Crippen molar-refractivity contribution in [1.29, 1.82) is 0 Å². The zero-order valence-electron chi connectivity index (χ0n) is 7.95. The molecule has 0 saturated heterocycles. The molecule has 1 aromatic rings. The van der Waals surface area contributed by atoms with Crippen LogP contribution in [0.2, 0.25) is 0 Å². The summed E-state index contributed by atoms with van der Waals surface area (Å²) in [4.78, 5) is 9.00. The van der Waals surface area contributed by atoms with E-state index in [0.29, 0.717) is 0 Å². The fraction of sp³-hybridized carbons (Fsp3) is 0.182. The third-order valence-electron chi connectivity index (χ3n) is 1.41. The van der Waals surface area contributed by atoms with E-state index in [1.165, 1.54) is 11.1 Å². The number of benzene rings is 1. The Kier molecular flexibility index (Phi) is 5.28. The molecule has 0 atom stereocenters. The molecule has 0 radical (unpaired) electrons. The number of rotatable bonds is 1. The largest absolute Gasteiger partial charge is 0.481 e. The van der Waals surface area contributed by atoms with Gasteiger partial charge in [-0.25, -0.2) is 0 Å². The third-order valence-corrected chi connectivity index (χ3v) is 1.41. The standard InChI is InChI=1S/C9H10.C2H4O2/c1-3-9-7-5-4-6-8(9)2;1-2(3)4/h3-7H,1H2,2H3;1H3,(H,3,4). The van der Waals surface area contributed by atoms with Crippen LogP contribution < -0.4 is 0 Å². The van der Waals surface area contributed by atoms with Crippen LogP contribution in [-0.2, 0) is 4.79 Å². The van der Waals surface area contributed by atoms with Gasteiger partial charge in [-0.1, -0.05) is 36.9 Å². The summed E-state index contributed by atoms with van der Waals surface area (Å²) in [7, 11) is 0. The van der Waals surface area contributed by atoms with Crippen LogP contribution in [0.4, 0.5) is 0 Å². The van der Waals surface area contributed by atoms with Crippen molar-refractivity contribution in [3.05, 3.63) is 42.0 Å². The maximum absolute atomic E-state index is 9.00. The molecule has 0 heterocycles. The Hall–Kier alpha value is -1.57. The smallest absolute Gasteiger partial charge is 0.300 e. The molecule has 2 nitrogen and oxygen atoms in total. The molecule has 0 aliphatic heterocycles. The quantitative estimate of drug-likeness (QED) is 0.717. The normalized spacial score (nSPS) is 8.15. The first-order valence-corrected chi connectivity index (χ1v) is 3.95. The molecule has 1 rings (SSSR count). The Balaban J connectivity index is 0.000000310. The van der Waals surface area contributed by atoms with Crippen molar-refractivity contribution >= 4 is 12.0 Å². The van der Waals surface area contributed by atoms with Crippen LogP contribution in [-0.4, -0.2) is 11.1 Å². The number of hydrogen-bond acceptors (Lipinski definition) is 1. The van der Waals surface area contributed by atoms with E-state index in [1.807, 2.05) is 18.2 Å². The second-order valence-electron chi connectivity index (χ2n) is 2.58. The highest BCUT2D eigenvalue weighted by Gasteiger charge is 1.86. The lowest BCUT2D eigenvalue weighted by molar-refractivity contribution is -0.134. The van der Waals surface area contributed by atoms with Gasteiger partial charge in [0.1, 0.15) is 0 Å². The molecule has 0 unspecified atom stereocenters. The van der Waals surface area contributed by atoms with Crippen molar-refractivity contribution in [2.45, 2.75) is 13.8 Å². The van der Waals surface area contributed by atoms with Gasteiger partial charge in [0, 0.05) is 6.92 Å². The molecular weight excluding hydrogens is 164 g/mol. The molecule has 0 fully saturated rings. The van der Waals surface area contributed by atoms with Gasteiger partial charge in [-0.3, -0.25) is 4.79 Å². The first-order valence-electron chi connectivity index (χ1n) is 3.95. The molecule has 0 aromatic heterocycles. The molecule has 0 aliphatic rings. The molecule has 1 N–H and O–H groups in total. The fourth-order valence-electron chi connectivity index (χ4n) is 0.816. The topological polar surface area (TPSA) is 37.3 Å². The van der Waals surface area contributed by atoms with Crippen LogP contribution in [0.1, 0.15) is 18.1 Å². The maximum atomic E-state index is 9.00. The lowest BCUT2D eigenvalue weighted by atomic mass is 10.1. The van der Waals surface area contributed by atoms with Gasteiger partial charge in [-0.05, 0) is 18.1 Å². The van der Waals surface area contributed by atoms with Crippen LogP contribution in [0.25, 0.3) is 6.08 Å². The molecule has 0 saturated carbocycles. The second kappa shape index (κ2) is 6.00. The Bertz CT molecular complexity index is 286. The SMILES string of the molecule is C=Cc1ccccc1C.CC(=O)O. The Morgan fingerprint density at radius 3 is 2.23 bits per heavy atom. The number of carboxylic acid groups (broad SMARTS) is 1. The van der Waals surface area contributed by atoms with E-state index in [0.717, 1.165) is 6.92 Å². The molecule has 13 heavy (non-hydrogen) atoms. The van der Waals surface area contributed by atoms with Crippen LogP contribution >= 0.6 is 0 Å². The molecule has 0 bridgehead atoms. The predicted octanol–water partition coefficient (Wildman–Crippen LogP) is 2.73. The first kappa shape index (κ1) is 11.4. The zero-order chi connectivity index (χ0) is 10.3. The summed E-state index contributed by atoms with van der Waals surface area (Å²) in [5.41, 5.74) is 2.50. The monoisotopic (exact) mass is 178 g/mol. The summed E-state index contributed by atoms with van der Waals surface area (Å²) < 4.78 is 0. The minimum Gasteiger partial charge on any atom is -0.481 e. The van der Waals surface area contributed by atoms with Crippen molar-refractivity contribution in [2.75, 3.05) is 0 Å². The highest BCUT2D eigenvalue weighted by Crippen LogP contribution is 2.06. The van der Waals surface area contributed by atoms with Crippen LogP contribution in [0.3, 0.4) is 0 Å². The predicted molar refractivity (Wildman–Crippen MR) is 54.6 cm³/mol. The van der Waals surface area contributed by atoms with Gasteiger partial charge in [0.15, 0.2) is 0 Å². The van der Waals surface area contributed by atoms with Crippen LogP contribution in [0.5, 0.6) is 0 Å². The Morgan fingerprint density at radius 1 is 1.46 bits per heavy atom. The van der Waals surface area contributed by atoms with Gasteiger partial charge in [0.05, 0.1) is 0 Å². The minimum absolute atomic E-state index is 0.833. The summed E-state index contributed by atoms with van der Waals surface area (Å²) in [6.45, 7) is 6.86. The van der Waals surface area contributed by atoms with Gasteiger partial charge in [-0.2, -0.15) is 0 Å². The second-order valence-corrected chi connectivity index (χ2v) is 2.58. The number of aryl methyl sites for hydroxylation is 1. The van der Waals surface area contributed by atoms with E-state index in [-0.39, 0.29) is 0 Å². The van der Waals surface area contributed by atoms with Gasteiger partial charge >= 0.3 is 0 Å². The van der Waals surface area contributed by atoms with Gasteiger partial charge in [-0.15, -0.1) is 0 Å². The van der Waals surface area contributed by atoms with Gasteiger partial charge < -0.3 is 5.11 Å². The Labute approximate surface area is 78.5 Å². The minimum atomic E-state index is -0.833. The lowest BCUT2D eigenvalue weighted by Crippen LogP contribution is -1.78. The molecule has 70 valence electrons. The molecular formula is C11H14O2. The van der Waals surface area contributed by atoms with E-state index < -0.39 is 5.97 Å². The number of hydrogen-bond donors (Lipinski definition) is 1. The van der Waals surface area contributed by atoms with E-state index in [2.05, 4.69) is 25.6 Å². The highest BCUT2D eigenvalue weighted by atomic mass is 16.4. The summed E-state index contributed by atoms with van der Waals surface area (Å²) >= 11 is 0. The highest BCUT2D eigenvalue weighted by molar-refractivity contribution is 5.62. The molecule has 0 amide bonds. The van der Waals surface area contributed by atoms with Crippen molar-refractivity contribution in [1.82, 2.24) is 0 Å². The molecule has 2 heteroatoms. The summed E-state index contributed by atoms with van der Waals surface area (Å²) in [6, 6.07) is 8.19. The third kappa shape index (κ3) is 5.67. The number of carboxylic acids is 1. The summed E-state index contributed by atoms with van der Waals surface area (Å²) in [5, 5.41) is 7.42. The van der Waals surface area contributed by atoms with Crippen molar-refractivity contribution in [2.24, 2.45) is 0 Å². The van der Waals surface area contributed by atoms with Gasteiger partial charge in [0.2, 0.25) is 0 Å². The fourth-order valence-corrected chi connectivity index (χ4v) is 0.816. The molecule has 0 aliphatic carbocycles. The van der Waals surface area contributed by atoms with E-state index in [1.54, 1.807) is 0 Å². The van der Waals surface area contributed by atoms with Crippen LogP contribution in [0, 0.1) is 6.92 Å². The Morgan fingerprint density at radius 2 is 1.92 bits per heavy atom. The maximum Gasteiger partial charge on any atom is 0.300 e. The van der Waals surface area contributed by atoms with Crippen molar-refractivity contribution in [3.63, 3.8) is 0 Å². The average Bonchev–Trinajstić information content (AvgIpc) is 2.04.